The van der Waals surface area contributed by atoms with E-state index >= 15 is 0 Å². The lowest BCUT2D eigenvalue weighted by molar-refractivity contribution is 0.353. The van der Waals surface area contributed by atoms with E-state index in [0.29, 0.717) is 0 Å². The Labute approximate surface area is 88.9 Å². The molecule has 0 bridgehead atoms. The molecule has 1 aromatic heterocycles. The van der Waals surface area contributed by atoms with Crippen molar-refractivity contribution in [3.8, 4) is 6.07 Å². The number of fused-ring (bicyclic) bond motifs is 1. The summed E-state index contributed by atoms with van der Waals surface area (Å²) in [6.45, 7) is 0. The zero-order valence-corrected chi connectivity index (χ0v) is 8.86. The fraction of sp³-hybridized carbons (Fsp3) is 0.250. The Hall–Kier alpha value is -1.79. The van der Waals surface area contributed by atoms with Crippen molar-refractivity contribution in [3.63, 3.8) is 0 Å². The molecule has 0 fully saturated rings. The van der Waals surface area contributed by atoms with Crippen molar-refractivity contribution in [2.24, 2.45) is 0 Å². The fourth-order valence-electron chi connectivity index (χ4n) is 1.71. The molecule has 2 rings (SSSR count). The average molecular weight is 199 g/mol. The van der Waals surface area contributed by atoms with Crippen molar-refractivity contribution in [1.29, 1.82) is 5.26 Å². The minimum absolute atomic E-state index is 0.211. The molecule has 0 aliphatic rings. The first-order chi connectivity index (χ1) is 7.22. The molecule has 1 heterocycles. The summed E-state index contributed by atoms with van der Waals surface area (Å²) in [5, 5.41) is 10.2. The van der Waals surface area contributed by atoms with E-state index in [9.17, 15) is 0 Å². The Kier molecular flexibility index (Phi) is 2.44. The van der Waals surface area contributed by atoms with Crippen LogP contribution in [0.4, 0.5) is 0 Å². The molecule has 0 saturated heterocycles. The second-order valence-corrected chi connectivity index (χ2v) is 3.81. The highest BCUT2D eigenvalue weighted by Gasteiger charge is 2.14. The van der Waals surface area contributed by atoms with Gasteiger partial charge in [0.05, 0.1) is 6.07 Å². The predicted octanol–water partition coefficient (Wildman–Crippen LogP) is 2.29. The fourth-order valence-corrected chi connectivity index (χ4v) is 1.71. The summed E-state index contributed by atoms with van der Waals surface area (Å²) in [6, 6.07) is 12.1. The highest BCUT2D eigenvalue weighted by atomic mass is 15.1. The van der Waals surface area contributed by atoms with Gasteiger partial charge in [0.1, 0.15) is 6.04 Å². The van der Waals surface area contributed by atoms with Gasteiger partial charge in [0.15, 0.2) is 0 Å². The number of aromatic amines is 1. The van der Waals surface area contributed by atoms with Gasteiger partial charge in [-0.2, -0.15) is 5.26 Å². The van der Waals surface area contributed by atoms with E-state index in [1.165, 1.54) is 0 Å². The maximum atomic E-state index is 9.06. The first-order valence-corrected chi connectivity index (χ1v) is 4.86. The van der Waals surface area contributed by atoms with Gasteiger partial charge in [-0.25, -0.2) is 0 Å². The van der Waals surface area contributed by atoms with Gasteiger partial charge in [-0.15, -0.1) is 0 Å². The SMILES string of the molecule is CN(C)C(C#N)c1cc2ccccc2[nH]1. The van der Waals surface area contributed by atoms with Crippen LogP contribution in [-0.2, 0) is 0 Å². The van der Waals surface area contributed by atoms with E-state index in [2.05, 4.69) is 11.1 Å². The van der Waals surface area contributed by atoms with Crippen LogP contribution in [0.1, 0.15) is 11.7 Å². The van der Waals surface area contributed by atoms with Crippen molar-refractivity contribution in [1.82, 2.24) is 9.88 Å². The standard InChI is InChI=1S/C12H13N3/c1-15(2)12(8-13)11-7-9-5-3-4-6-10(9)14-11/h3-7,12,14H,1-2H3. The van der Waals surface area contributed by atoms with Crippen molar-refractivity contribution in [3.05, 3.63) is 36.0 Å². The molecular weight excluding hydrogens is 186 g/mol. The van der Waals surface area contributed by atoms with Gasteiger partial charge >= 0.3 is 0 Å². The summed E-state index contributed by atoms with van der Waals surface area (Å²) in [5.74, 6) is 0. The molecule has 0 aliphatic heterocycles. The van der Waals surface area contributed by atoms with Gasteiger partial charge < -0.3 is 4.98 Å². The third kappa shape index (κ3) is 1.72. The number of H-pyrrole nitrogens is 1. The van der Waals surface area contributed by atoms with Crippen LogP contribution >= 0.6 is 0 Å². The van der Waals surface area contributed by atoms with Crippen molar-refractivity contribution < 1.29 is 0 Å². The number of para-hydroxylation sites is 1. The first-order valence-electron chi connectivity index (χ1n) is 4.86. The van der Waals surface area contributed by atoms with Crippen LogP contribution in [0, 0.1) is 11.3 Å². The Morgan fingerprint density at radius 3 is 2.67 bits per heavy atom. The number of hydrogen-bond acceptors (Lipinski definition) is 2. The number of nitrogens with zero attached hydrogens (tertiary/aromatic N) is 2. The summed E-state index contributed by atoms with van der Waals surface area (Å²) in [4.78, 5) is 5.16. The van der Waals surface area contributed by atoms with Gasteiger partial charge in [-0.1, -0.05) is 18.2 Å². The minimum Gasteiger partial charge on any atom is -0.356 e. The smallest absolute Gasteiger partial charge is 0.138 e. The zero-order chi connectivity index (χ0) is 10.8. The second-order valence-electron chi connectivity index (χ2n) is 3.81. The molecule has 1 aromatic carbocycles. The third-order valence-electron chi connectivity index (χ3n) is 2.48. The number of nitrogens with one attached hydrogen (secondary N) is 1. The molecule has 76 valence electrons. The van der Waals surface area contributed by atoms with Crippen molar-refractivity contribution >= 4 is 10.9 Å². The topological polar surface area (TPSA) is 42.8 Å². The summed E-state index contributed by atoms with van der Waals surface area (Å²) < 4.78 is 0. The molecule has 0 saturated carbocycles. The van der Waals surface area contributed by atoms with Crippen LogP contribution in [0.5, 0.6) is 0 Å². The van der Waals surface area contributed by atoms with E-state index < -0.39 is 0 Å². The molecule has 0 radical (unpaired) electrons. The molecule has 0 spiro atoms. The molecule has 0 aliphatic carbocycles. The van der Waals surface area contributed by atoms with Gasteiger partial charge in [-0.05, 0) is 31.6 Å². The first kappa shape index (κ1) is 9.75. The molecule has 1 atom stereocenters. The Morgan fingerprint density at radius 2 is 2.07 bits per heavy atom. The molecule has 1 N–H and O–H groups in total. The van der Waals surface area contributed by atoms with Crippen LogP contribution in [-0.4, -0.2) is 24.0 Å². The van der Waals surface area contributed by atoms with Gasteiger partial charge in [0, 0.05) is 11.2 Å². The molecule has 3 nitrogen and oxygen atoms in total. The van der Waals surface area contributed by atoms with E-state index in [-0.39, 0.29) is 6.04 Å². The number of aromatic nitrogens is 1. The molecule has 15 heavy (non-hydrogen) atoms. The van der Waals surface area contributed by atoms with Crippen LogP contribution in [0.2, 0.25) is 0 Å². The van der Waals surface area contributed by atoms with Gasteiger partial charge in [-0.3, -0.25) is 4.90 Å². The number of benzene rings is 1. The molecule has 3 heteroatoms. The molecule has 1 unspecified atom stereocenters. The monoisotopic (exact) mass is 199 g/mol. The lowest BCUT2D eigenvalue weighted by Gasteiger charge is -2.15. The number of rotatable bonds is 2. The van der Waals surface area contributed by atoms with E-state index in [1.54, 1.807) is 0 Å². The molecule has 2 aromatic rings. The van der Waals surface area contributed by atoms with E-state index in [0.717, 1.165) is 16.6 Å². The van der Waals surface area contributed by atoms with Crippen LogP contribution in [0.25, 0.3) is 10.9 Å². The maximum Gasteiger partial charge on any atom is 0.138 e. The molecule has 0 amide bonds. The Bertz CT molecular complexity index is 472. The minimum atomic E-state index is -0.211. The van der Waals surface area contributed by atoms with Crippen LogP contribution in [0.15, 0.2) is 30.3 Å². The average Bonchev–Trinajstić information content (AvgIpc) is 2.61. The zero-order valence-electron chi connectivity index (χ0n) is 8.86. The highest BCUT2D eigenvalue weighted by molar-refractivity contribution is 5.80. The lowest BCUT2D eigenvalue weighted by Crippen LogP contribution is -2.18. The third-order valence-corrected chi connectivity index (χ3v) is 2.48. The molecular formula is C12H13N3. The summed E-state index contributed by atoms with van der Waals surface area (Å²) in [7, 11) is 3.80. The van der Waals surface area contributed by atoms with E-state index in [1.807, 2.05) is 49.3 Å². The summed E-state index contributed by atoms with van der Waals surface area (Å²) in [6.07, 6.45) is 0. The van der Waals surface area contributed by atoms with Crippen LogP contribution in [0.3, 0.4) is 0 Å². The maximum absolute atomic E-state index is 9.06. The largest absolute Gasteiger partial charge is 0.356 e. The highest BCUT2D eigenvalue weighted by Crippen LogP contribution is 2.21. The second kappa shape index (κ2) is 3.76. The Balaban J connectivity index is 2.49. The van der Waals surface area contributed by atoms with Gasteiger partial charge in [0.25, 0.3) is 0 Å². The summed E-state index contributed by atoms with van der Waals surface area (Å²) in [5.41, 5.74) is 2.03. The number of hydrogen-bond donors (Lipinski definition) is 1. The van der Waals surface area contributed by atoms with Crippen molar-refractivity contribution in [2.75, 3.05) is 14.1 Å². The predicted molar refractivity (Wildman–Crippen MR) is 60.3 cm³/mol. The van der Waals surface area contributed by atoms with Gasteiger partial charge in [0.2, 0.25) is 0 Å². The van der Waals surface area contributed by atoms with E-state index in [4.69, 9.17) is 5.26 Å². The quantitative estimate of drug-likeness (QED) is 0.806. The number of nitriles is 1. The van der Waals surface area contributed by atoms with Crippen LogP contribution < -0.4 is 0 Å². The normalized spacial score (nSPS) is 12.9. The Morgan fingerprint density at radius 1 is 1.33 bits per heavy atom. The lowest BCUT2D eigenvalue weighted by atomic mass is 10.2. The van der Waals surface area contributed by atoms with Crippen molar-refractivity contribution in [2.45, 2.75) is 6.04 Å². The summed E-state index contributed by atoms with van der Waals surface area (Å²) >= 11 is 0.